The van der Waals surface area contributed by atoms with Crippen molar-refractivity contribution in [2.24, 2.45) is 0 Å². The van der Waals surface area contributed by atoms with Gasteiger partial charge in [-0.15, -0.1) is 11.3 Å². The molecule has 0 aliphatic heterocycles. The molecular weight excluding hydrogens is 192 g/mol. The summed E-state index contributed by atoms with van der Waals surface area (Å²) in [6.45, 7) is 3.04. The maximum atomic E-state index is 3.40. The molecule has 2 aromatic rings. The highest BCUT2D eigenvalue weighted by Crippen LogP contribution is 2.25. The van der Waals surface area contributed by atoms with Gasteiger partial charge in [0.2, 0.25) is 0 Å². The van der Waals surface area contributed by atoms with Gasteiger partial charge < -0.3 is 10.3 Å². The predicted octanol–water partition coefficient (Wildman–Crippen LogP) is 2.77. The molecule has 2 aromatic heterocycles. The summed E-state index contributed by atoms with van der Waals surface area (Å²) < 4.78 is 0. The van der Waals surface area contributed by atoms with Crippen molar-refractivity contribution in [3.8, 4) is 10.6 Å². The molecule has 0 saturated carbocycles. The van der Waals surface area contributed by atoms with E-state index in [-0.39, 0.29) is 0 Å². The number of aromatic nitrogens is 1. The minimum Gasteiger partial charge on any atom is -0.358 e. The van der Waals surface area contributed by atoms with Crippen LogP contribution in [0.1, 0.15) is 11.3 Å². The van der Waals surface area contributed by atoms with Crippen molar-refractivity contribution >= 4 is 11.3 Å². The quantitative estimate of drug-likeness (QED) is 0.794. The van der Waals surface area contributed by atoms with Gasteiger partial charge >= 0.3 is 0 Å². The van der Waals surface area contributed by atoms with Gasteiger partial charge in [0.05, 0.1) is 10.6 Å². The maximum Gasteiger partial charge on any atom is 0.0560 e. The highest BCUT2D eigenvalue weighted by atomic mass is 32.1. The lowest BCUT2D eigenvalue weighted by Crippen LogP contribution is -2.04. The van der Waals surface area contributed by atoms with Crippen molar-refractivity contribution < 1.29 is 0 Å². The Hall–Kier alpha value is -1.06. The number of aryl methyl sites for hydroxylation is 1. The molecule has 0 bridgehead atoms. The summed E-state index contributed by atoms with van der Waals surface area (Å²) in [5.41, 5.74) is 3.82. The third-order valence-corrected chi connectivity index (χ3v) is 3.18. The van der Waals surface area contributed by atoms with Crippen molar-refractivity contribution in [2.75, 3.05) is 7.05 Å². The molecule has 0 saturated heterocycles. The Morgan fingerprint density at radius 3 is 3.00 bits per heavy atom. The smallest absolute Gasteiger partial charge is 0.0560 e. The first-order valence-electron chi connectivity index (χ1n) is 4.68. The van der Waals surface area contributed by atoms with E-state index in [2.05, 4.69) is 40.8 Å². The molecule has 0 atom stereocenters. The Labute approximate surface area is 88.0 Å². The van der Waals surface area contributed by atoms with Crippen LogP contribution >= 0.6 is 11.3 Å². The summed E-state index contributed by atoms with van der Waals surface area (Å²) in [4.78, 5) is 4.70. The van der Waals surface area contributed by atoms with Gasteiger partial charge in [-0.2, -0.15) is 0 Å². The average molecular weight is 206 g/mol. The first-order chi connectivity index (χ1) is 6.81. The standard InChI is InChI=1S/C11H14N2S/c1-8-9(7-12-2)6-10(13-8)11-4-3-5-14-11/h3-6,12-13H,7H2,1-2H3. The first kappa shape index (κ1) is 9.49. The van der Waals surface area contributed by atoms with Crippen LogP contribution in [0.3, 0.4) is 0 Å². The zero-order valence-electron chi connectivity index (χ0n) is 8.42. The van der Waals surface area contributed by atoms with Gasteiger partial charge in [0.1, 0.15) is 0 Å². The van der Waals surface area contributed by atoms with Crippen LogP contribution in [-0.2, 0) is 6.54 Å². The molecule has 0 aliphatic rings. The van der Waals surface area contributed by atoms with Gasteiger partial charge in [-0.25, -0.2) is 0 Å². The zero-order chi connectivity index (χ0) is 9.97. The van der Waals surface area contributed by atoms with Gasteiger partial charge in [-0.3, -0.25) is 0 Å². The Morgan fingerprint density at radius 1 is 1.50 bits per heavy atom. The third kappa shape index (κ3) is 1.74. The normalized spacial score (nSPS) is 10.7. The van der Waals surface area contributed by atoms with Crippen LogP contribution in [-0.4, -0.2) is 12.0 Å². The number of hydrogen-bond donors (Lipinski definition) is 2. The minimum atomic E-state index is 0.924. The summed E-state index contributed by atoms with van der Waals surface area (Å²) >= 11 is 1.76. The molecule has 0 radical (unpaired) electrons. The first-order valence-corrected chi connectivity index (χ1v) is 5.56. The van der Waals surface area contributed by atoms with Crippen molar-refractivity contribution in [3.05, 3.63) is 34.8 Å². The molecule has 2 rings (SSSR count). The van der Waals surface area contributed by atoms with Gasteiger partial charge in [-0.1, -0.05) is 6.07 Å². The second kappa shape index (κ2) is 3.98. The molecule has 0 spiro atoms. The van der Waals surface area contributed by atoms with Crippen LogP contribution in [0.25, 0.3) is 10.6 Å². The molecule has 0 fully saturated rings. The van der Waals surface area contributed by atoms with Crippen LogP contribution in [0, 0.1) is 6.92 Å². The van der Waals surface area contributed by atoms with E-state index in [4.69, 9.17) is 0 Å². The lowest BCUT2D eigenvalue weighted by atomic mass is 10.2. The largest absolute Gasteiger partial charge is 0.358 e. The Morgan fingerprint density at radius 2 is 2.36 bits per heavy atom. The highest BCUT2D eigenvalue weighted by molar-refractivity contribution is 7.13. The highest BCUT2D eigenvalue weighted by Gasteiger charge is 2.05. The molecule has 0 aliphatic carbocycles. The van der Waals surface area contributed by atoms with Crippen molar-refractivity contribution in [1.29, 1.82) is 0 Å². The monoisotopic (exact) mass is 206 g/mol. The van der Waals surface area contributed by atoms with E-state index in [1.54, 1.807) is 11.3 Å². The predicted molar refractivity (Wildman–Crippen MR) is 61.6 cm³/mol. The molecule has 2 nitrogen and oxygen atoms in total. The van der Waals surface area contributed by atoms with Gasteiger partial charge in [-0.05, 0) is 37.0 Å². The second-order valence-electron chi connectivity index (χ2n) is 3.34. The van der Waals surface area contributed by atoms with Gasteiger partial charge in [0.25, 0.3) is 0 Å². The molecule has 74 valence electrons. The van der Waals surface area contributed by atoms with E-state index in [1.807, 2.05) is 7.05 Å². The molecule has 2 N–H and O–H groups in total. The van der Waals surface area contributed by atoms with Crippen LogP contribution in [0.2, 0.25) is 0 Å². The van der Waals surface area contributed by atoms with Gasteiger partial charge in [0, 0.05) is 12.2 Å². The number of aromatic amines is 1. The molecule has 2 heterocycles. The van der Waals surface area contributed by atoms with Crippen LogP contribution in [0.5, 0.6) is 0 Å². The number of H-pyrrole nitrogens is 1. The fraction of sp³-hybridized carbons (Fsp3) is 0.273. The Bertz CT molecular complexity index is 401. The lowest BCUT2D eigenvalue weighted by Gasteiger charge is -1.95. The van der Waals surface area contributed by atoms with Crippen LogP contribution in [0.4, 0.5) is 0 Å². The van der Waals surface area contributed by atoms with Crippen molar-refractivity contribution in [3.63, 3.8) is 0 Å². The van der Waals surface area contributed by atoms with E-state index >= 15 is 0 Å². The van der Waals surface area contributed by atoms with E-state index in [0.717, 1.165) is 6.54 Å². The molecule has 0 unspecified atom stereocenters. The average Bonchev–Trinajstić information content (AvgIpc) is 2.76. The minimum absolute atomic E-state index is 0.924. The van der Waals surface area contributed by atoms with E-state index in [0.29, 0.717) is 0 Å². The molecule has 3 heteroatoms. The van der Waals surface area contributed by atoms with Gasteiger partial charge in [0.15, 0.2) is 0 Å². The summed E-state index contributed by atoms with van der Waals surface area (Å²) in [6.07, 6.45) is 0. The summed E-state index contributed by atoms with van der Waals surface area (Å²) in [5, 5.41) is 5.27. The van der Waals surface area contributed by atoms with Crippen LogP contribution < -0.4 is 5.32 Å². The summed E-state index contributed by atoms with van der Waals surface area (Å²) in [5.74, 6) is 0. The lowest BCUT2D eigenvalue weighted by molar-refractivity contribution is 0.812. The number of rotatable bonds is 3. The third-order valence-electron chi connectivity index (χ3n) is 2.28. The topological polar surface area (TPSA) is 27.8 Å². The number of nitrogens with one attached hydrogen (secondary N) is 2. The van der Waals surface area contributed by atoms with E-state index in [1.165, 1.54) is 21.8 Å². The Balaban J connectivity index is 2.33. The summed E-state index contributed by atoms with van der Waals surface area (Å²) in [7, 11) is 1.97. The SMILES string of the molecule is CNCc1cc(-c2cccs2)[nH]c1C. The Kier molecular flexibility index (Phi) is 2.70. The molecule has 0 aromatic carbocycles. The molecule has 0 amide bonds. The summed E-state index contributed by atoms with van der Waals surface area (Å²) in [6, 6.07) is 6.44. The van der Waals surface area contributed by atoms with E-state index < -0.39 is 0 Å². The number of thiophene rings is 1. The van der Waals surface area contributed by atoms with E-state index in [9.17, 15) is 0 Å². The van der Waals surface area contributed by atoms with Crippen molar-refractivity contribution in [2.45, 2.75) is 13.5 Å². The fourth-order valence-corrected chi connectivity index (χ4v) is 2.24. The number of hydrogen-bond acceptors (Lipinski definition) is 2. The van der Waals surface area contributed by atoms with Crippen molar-refractivity contribution in [1.82, 2.24) is 10.3 Å². The maximum absolute atomic E-state index is 3.40. The molecular formula is C11H14N2S. The zero-order valence-corrected chi connectivity index (χ0v) is 9.24. The fourth-order valence-electron chi connectivity index (χ4n) is 1.54. The van der Waals surface area contributed by atoms with Crippen LogP contribution in [0.15, 0.2) is 23.6 Å². The second-order valence-corrected chi connectivity index (χ2v) is 4.29. The molecule has 14 heavy (non-hydrogen) atoms.